The van der Waals surface area contributed by atoms with Gasteiger partial charge in [-0.1, -0.05) is 9.26 Å². The Morgan fingerprint density at radius 3 is 1.36 bits per heavy atom. The van der Waals surface area contributed by atoms with Gasteiger partial charge in [-0.25, -0.2) is 0 Å². The van der Waals surface area contributed by atoms with E-state index in [1.807, 2.05) is 0 Å². The van der Waals surface area contributed by atoms with Crippen LogP contribution in [-0.2, 0) is 0 Å². The molecule has 0 bridgehead atoms. The summed E-state index contributed by atoms with van der Waals surface area (Å²) in [5, 5.41) is 0. The van der Waals surface area contributed by atoms with Gasteiger partial charge in [0.1, 0.15) is 0 Å². The van der Waals surface area contributed by atoms with E-state index in [2.05, 4.69) is 0 Å². The Morgan fingerprint density at radius 2 is 1.00 bits per heavy atom. The van der Waals surface area contributed by atoms with Crippen molar-refractivity contribution in [2.75, 3.05) is 0 Å². The molecule has 0 nitrogen and oxygen atoms in total. The summed E-state index contributed by atoms with van der Waals surface area (Å²) in [7, 11) is 12.6. The Balaban J connectivity index is 1.71. The van der Waals surface area contributed by atoms with E-state index in [1.165, 1.54) is 90.1 Å². The van der Waals surface area contributed by atoms with Gasteiger partial charge < -0.3 is 0 Å². The molecule has 2 heterocycles. The maximum atomic E-state index is 1.42. The van der Waals surface area contributed by atoms with Crippen LogP contribution < -0.4 is 0 Å². The molecule has 0 aliphatic carbocycles. The molecule has 11 heteroatoms. The molecular weight excluding hydrogens is 274 g/mol. The van der Waals surface area contributed by atoms with Gasteiger partial charge in [0.2, 0.25) is 0 Å². The second-order valence-corrected chi connectivity index (χ2v) is 27.0. The Labute approximate surface area is 89.5 Å². The molecule has 0 unspecified atom stereocenters. The smallest absolute Gasteiger partial charge is 0.0521 e. The van der Waals surface area contributed by atoms with Crippen LogP contribution in [0.25, 0.3) is 0 Å². The predicted molar refractivity (Wildman–Crippen MR) is 63.3 cm³/mol. The molecule has 0 atom stereocenters. The SMILES string of the molecule is [Si]1[Si][Si]B([Si]B2[Si][Si][Si][Si]2)[Si]1. The fourth-order valence-corrected chi connectivity index (χ4v) is 49.9. The van der Waals surface area contributed by atoms with E-state index >= 15 is 0 Å². The molecular formula is B2Si9. The van der Waals surface area contributed by atoms with Crippen LogP contribution in [0.1, 0.15) is 0 Å². The highest BCUT2D eigenvalue weighted by Gasteiger charge is 2.28. The maximum absolute atomic E-state index is 1.42. The summed E-state index contributed by atoms with van der Waals surface area (Å²) in [5.41, 5.74) is 2.54. The van der Waals surface area contributed by atoms with Crippen molar-refractivity contribution in [3.8, 4) is 0 Å². The second kappa shape index (κ2) is 5.08. The summed E-state index contributed by atoms with van der Waals surface area (Å²) in [6, 6.07) is 0. The van der Waals surface area contributed by atoms with Crippen LogP contribution >= 0.6 is 0 Å². The van der Waals surface area contributed by atoms with E-state index in [-0.39, 0.29) is 0 Å². The molecule has 2 aliphatic rings. The molecule has 2 fully saturated rings. The Morgan fingerprint density at radius 1 is 0.636 bits per heavy atom. The normalized spacial score (nSPS) is 25.1. The van der Waals surface area contributed by atoms with Crippen molar-refractivity contribution < 1.29 is 0 Å². The maximum Gasteiger partial charge on any atom is 0.0910 e. The first-order chi connectivity index (χ1) is 5.45. The lowest BCUT2D eigenvalue weighted by molar-refractivity contribution is 3.67. The monoisotopic (exact) mass is 274 g/mol. The standard InChI is InChI=1S/B2Si9/c3(1-4-8-9-5-1)2-6-10-11-7-2. The lowest BCUT2D eigenvalue weighted by Crippen LogP contribution is -2.47. The molecule has 0 aromatic rings. The Bertz CT molecular complexity index is 98.7. The fraction of sp³-hybridized carbons (Fsp3) is 0. The highest BCUT2D eigenvalue weighted by atomic mass is 29.7. The van der Waals surface area contributed by atoms with E-state index in [0.29, 0.717) is 0 Å². The van der Waals surface area contributed by atoms with Gasteiger partial charge in [0, 0.05) is 0 Å². The molecule has 2 rings (SSSR count). The summed E-state index contributed by atoms with van der Waals surface area (Å²) in [6.07, 6.45) is 0. The average molecular weight is 274 g/mol. The zero-order valence-electron chi connectivity index (χ0n) is 5.65. The van der Waals surface area contributed by atoms with Crippen molar-refractivity contribution in [1.82, 2.24) is 0 Å². The lowest BCUT2D eigenvalue weighted by atomic mass is 10.6. The molecule has 0 aromatic carbocycles. The van der Waals surface area contributed by atoms with Crippen molar-refractivity contribution in [1.29, 1.82) is 0 Å². The van der Waals surface area contributed by atoms with Crippen molar-refractivity contribution in [3.63, 3.8) is 0 Å². The van der Waals surface area contributed by atoms with Crippen LogP contribution in [0, 0.1) is 0 Å². The van der Waals surface area contributed by atoms with Crippen molar-refractivity contribution >= 4 is 90.1 Å². The van der Waals surface area contributed by atoms with Crippen molar-refractivity contribution in [3.05, 3.63) is 0 Å². The minimum absolute atomic E-state index is 1.27. The van der Waals surface area contributed by atoms with Crippen molar-refractivity contribution in [2.45, 2.75) is 0 Å². The van der Waals surface area contributed by atoms with Gasteiger partial charge in [-0.3, -0.25) is 0 Å². The molecule has 2 saturated heterocycles. The van der Waals surface area contributed by atoms with Crippen LogP contribution in [0.3, 0.4) is 0 Å². The first-order valence-electron chi connectivity index (χ1n) is 3.23. The minimum Gasteiger partial charge on any atom is -0.0521 e. The molecule has 0 amide bonds. The van der Waals surface area contributed by atoms with Crippen LogP contribution in [0.2, 0.25) is 0 Å². The summed E-state index contributed by atoms with van der Waals surface area (Å²) in [6.45, 7) is 0. The summed E-state index contributed by atoms with van der Waals surface area (Å²) >= 11 is 0. The molecule has 0 spiro atoms. The lowest BCUT2D eigenvalue weighted by Gasteiger charge is -2.07. The topological polar surface area (TPSA) is 0 Å². The van der Waals surface area contributed by atoms with E-state index < -0.39 is 0 Å². The third kappa shape index (κ3) is 3.05. The third-order valence-corrected chi connectivity index (χ3v) is 36.5. The summed E-state index contributed by atoms with van der Waals surface area (Å²) in [4.78, 5) is 0. The van der Waals surface area contributed by atoms with Gasteiger partial charge in [0.25, 0.3) is 0 Å². The van der Waals surface area contributed by atoms with Gasteiger partial charge in [-0.15, -0.1) is 0 Å². The zero-order valence-corrected chi connectivity index (χ0v) is 14.7. The molecule has 2 aliphatic heterocycles. The first kappa shape index (κ1) is 9.63. The van der Waals surface area contributed by atoms with Crippen LogP contribution in [-0.4, -0.2) is 90.1 Å². The summed E-state index contributed by atoms with van der Waals surface area (Å²) in [5.74, 6) is 0. The Hall–Kier alpha value is 2.08. The second-order valence-electron chi connectivity index (χ2n) is 2.11. The number of hydrogen-bond acceptors (Lipinski definition) is 0. The Kier molecular flexibility index (Phi) is 4.45. The van der Waals surface area contributed by atoms with E-state index in [0.717, 1.165) is 0 Å². The van der Waals surface area contributed by atoms with Gasteiger partial charge >= 0.3 is 0 Å². The quantitative estimate of drug-likeness (QED) is 0.448. The third-order valence-electron chi connectivity index (χ3n) is 1.32. The highest BCUT2D eigenvalue weighted by Crippen LogP contribution is 1.88. The zero-order chi connectivity index (χ0) is 7.52. The molecule has 42 valence electrons. The molecule has 0 N–H and O–H groups in total. The van der Waals surface area contributed by atoms with Gasteiger partial charge in [-0.2, -0.15) is 0 Å². The van der Waals surface area contributed by atoms with Gasteiger partial charge in [0.15, 0.2) is 0 Å². The first-order valence-corrected chi connectivity index (χ1v) is 18.7. The van der Waals surface area contributed by atoms with Gasteiger partial charge in [-0.05, 0) is 69.8 Å². The molecule has 11 heavy (non-hydrogen) atoms. The summed E-state index contributed by atoms with van der Waals surface area (Å²) < 4.78 is 0. The van der Waals surface area contributed by atoms with E-state index in [9.17, 15) is 0 Å². The number of hydrogen-bond donors (Lipinski definition) is 0. The molecule has 0 saturated carbocycles. The molecule has 0 aromatic heterocycles. The van der Waals surface area contributed by atoms with E-state index in [4.69, 9.17) is 0 Å². The average Bonchev–Trinajstić information content (AvgIpc) is 2.60. The highest BCUT2D eigenvalue weighted by molar-refractivity contribution is 8.02. The number of rotatable bonds is 2. The predicted octanol–water partition coefficient (Wildman–Crippen LogP) is -4.19. The largest absolute Gasteiger partial charge is 0.0910 e. The fourth-order valence-electron chi connectivity index (χ4n) is 0.839. The minimum atomic E-state index is 1.27. The molecule has 18 radical (unpaired) electrons. The van der Waals surface area contributed by atoms with Gasteiger partial charge in [0.05, 0.1) is 11.0 Å². The van der Waals surface area contributed by atoms with Crippen LogP contribution in [0.15, 0.2) is 0 Å². The van der Waals surface area contributed by atoms with Crippen LogP contribution in [0.5, 0.6) is 0 Å². The van der Waals surface area contributed by atoms with Crippen LogP contribution in [0.4, 0.5) is 0 Å². The van der Waals surface area contributed by atoms with E-state index in [1.54, 1.807) is 0 Å². The van der Waals surface area contributed by atoms with Crippen molar-refractivity contribution in [2.24, 2.45) is 0 Å².